The lowest BCUT2D eigenvalue weighted by molar-refractivity contribution is 0.437. The molecule has 3 heterocycles. The summed E-state index contributed by atoms with van der Waals surface area (Å²) < 4.78 is 20.0. The number of H-pyrrole nitrogens is 1. The molecule has 2 N–H and O–H groups in total. The van der Waals surface area contributed by atoms with Crippen LogP contribution in [0.2, 0.25) is 10.0 Å². The third kappa shape index (κ3) is 4.25. The fourth-order valence-electron chi connectivity index (χ4n) is 3.46. The van der Waals surface area contributed by atoms with Gasteiger partial charge in [0.15, 0.2) is 0 Å². The number of rotatable bonds is 6. The lowest BCUT2D eigenvalue weighted by Gasteiger charge is -2.05. The highest BCUT2D eigenvalue weighted by atomic mass is 35.5. The van der Waals surface area contributed by atoms with E-state index in [0.29, 0.717) is 52.4 Å². The van der Waals surface area contributed by atoms with Crippen LogP contribution in [0.5, 0.6) is 0 Å². The normalized spacial score (nSPS) is 11.6. The van der Waals surface area contributed by atoms with E-state index < -0.39 is 0 Å². The molecule has 0 unspecified atom stereocenters. The zero-order valence-corrected chi connectivity index (χ0v) is 17.6. The smallest absolute Gasteiger partial charge is 0.230 e. The van der Waals surface area contributed by atoms with Gasteiger partial charge in [-0.3, -0.25) is 4.98 Å². The minimum Gasteiger partial charge on any atom is -0.424 e. The minimum absolute atomic E-state index is 0.305. The van der Waals surface area contributed by atoms with Crippen molar-refractivity contribution in [3.8, 4) is 0 Å². The van der Waals surface area contributed by atoms with Crippen LogP contribution in [0, 0.1) is 5.82 Å². The Balaban J connectivity index is 1.23. The fourth-order valence-corrected chi connectivity index (χ4v) is 3.84. The molecule has 0 aliphatic carbocycles. The lowest BCUT2D eigenvalue weighted by atomic mass is 10.1. The average Bonchev–Trinajstić information content (AvgIpc) is 3.34. The van der Waals surface area contributed by atoms with E-state index in [4.69, 9.17) is 27.6 Å². The molecule has 0 saturated carbocycles. The number of hydrogen-bond donors (Lipinski definition) is 2. The molecule has 3 aromatic heterocycles. The van der Waals surface area contributed by atoms with Crippen LogP contribution in [0.1, 0.15) is 22.9 Å². The molecule has 0 radical (unpaired) electrons. The Morgan fingerprint density at radius 3 is 2.81 bits per heavy atom. The molecule has 0 aliphatic rings. The Morgan fingerprint density at radius 2 is 1.90 bits per heavy atom. The van der Waals surface area contributed by atoms with Crippen LogP contribution in [0.15, 0.2) is 53.2 Å². The molecule has 0 bridgehead atoms. The Morgan fingerprint density at radius 1 is 1.03 bits per heavy atom. The summed E-state index contributed by atoms with van der Waals surface area (Å²) in [4.78, 5) is 7.23. The van der Waals surface area contributed by atoms with Crippen LogP contribution < -0.4 is 5.32 Å². The molecule has 0 atom stereocenters. The van der Waals surface area contributed by atoms with E-state index in [-0.39, 0.29) is 5.82 Å². The average molecular weight is 456 g/mol. The Hall–Kier alpha value is -3.00. The van der Waals surface area contributed by atoms with Crippen molar-refractivity contribution in [2.45, 2.75) is 19.5 Å². The molecule has 0 fully saturated rings. The minimum atomic E-state index is -0.310. The van der Waals surface area contributed by atoms with E-state index >= 15 is 0 Å². The van der Waals surface area contributed by atoms with Crippen LogP contribution in [-0.2, 0) is 19.5 Å². The number of fused-ring (bicyclic) bond motifs is 2. The highest BCUT2D eigenvalue weighted by Gasteiger charge is 2.11. The van der Waals surface area contributed by atoms with Gasteiger partial charge < -0.3 is 14.7 Å². The summed E-state index contributed by atoms with van der Waals surface area (Å²) in [6.07, 6.45) is 3.76. The maximum atomic E-state index is 14.3. The lowest BCUT2D eigenvalue weighted by Crippen LogP contribution is -2.14. The fraction of sp³-hybridized carbons (Fsp3) is 0.136. The van der Waals surface area contributed by atoms with E-state index in [9.17, 15) is 4.39 Å². The predicted octanol–water partition coefficient (Wildman–Crippen LogP) is 5.43. The molecular formula is C22H16Cl2FN5O. The molecule has 2 aromatic carbocycles. The van der Waals surface area contributed by atoms with Gasteiger partial charge in [0.05, 0.1) is 28.5 Å². The quantitative estimate of drug-likeness (QED) is 0.357. The predicted molar refractivity (Wildman–Crippen MR) is 118 cm³/mol. The molecule has 31 heavy (non-hydrogen) atoms. The summed E-state index contributed by atoms with van der Waals surface area (Å²) in [5.74, 6) is 0.620. The number of benzene rings is 2. The van der Waals surface area contributed by atoms with Crippen molar-refractivity contribution >= 4 is 45.0 Å². The van der Waals surface area contributed by atoms with Gasteiger partial charge in [-0.25, -0.2) is 4.39 Å². The van der Waals surface area contributed by atoms with Crippen LogP contribution >= 0.6 is 23.2 Å². The SMILES string of the molecule is Fc1cc2[nH]cc(Cl)c2cc1CNCc1nnc(Cc2ccc3ncc(Cl)cc3c2)o1. The zero-order valence-electron chi connectivity index (χ0n) is 16.1. The molecule has 6 nitrogen and oxygen atoms in total. The molecular weight excluding hydrogens is 440 g/mol. The molecule has 9 heteroatoms. The number of nitrogens with one attached hydrogen (secondary N) is 2. The first-order chi connectivity index (χ1) is 15.0. The van der Waals surface area contributed by atoms with Crippen LogP contribution in [-0.4, -0.2) is 20.2 Å². The van der Waals surface area contributed by atoms with Crippen molar-refractivity contribution in [2.75, 3.05) is 0 Å². The first kappa shape index (κ1) is 19.9. The molecule has 0 aliphatic heterocycles. The second kappa shape index (κ2) is 8.26. The first-order valence-electron chi connectivity index (χ1n) is 9.56. The summed E-state index contributed by atoms with van der Waals surface area (Å²) in [6.45, 7) is 0.627. The third-order valence-corrected chi connectivity index (χ3v) is 5.49. The van der Waals surface area contributed by atoms with Crippen molar-refractivity contribution in [1.29, 1.82) is 0 Å². The first-order valence-corrected chi connectivity index (χ1v) is 10.3. The van der Waals surface area contributed by atoms with Gasteiger partial charge in [-0.2, -0.15) is 0 Å². The molecule has 5 aromatic rings. The van der Waals surface area contributed by atoms with Crippen molar-refractivity contribution in [3.63, 3.8) is 0 Å². The van der Waals surface area contributed by atoms with Gasteiger partial charge in [0.2, 0.25) is 11.8 Å². The van der Waals surface area contributed by atoms with Gasteiger partial charge in [-0.05, 0) is 35.9 Å². The molecule has 0 spiro atoms. The van der Waals surface area contributed by atoms with Gasteiger partial charge in [-0.1, -0.05) is 29.3 Å². The standard InChI is InChI=1S/C22H16Cl2FN5O/c23-15-5-13-3-12(1-2-19(13)27-9-15)4-21-29-30-22(31-21)11-26-8-14-6-16-17(24)10-28-20(16)7-18(14)25/h1-3,5-7,9-10,26,28H,4,8,11H2. The molecule has 0 saturated heterocycles. The summed E-state index contributed by atoms with van der Waals surface area (Å²) in [5.41, 5.74) is 3.06. The van der Waals surface area contributed by atoms with Gasteiger partial charge in [0.25, 0.3) is 0 Å². The van der Waals surface area contributed by atoms with E-state index in [1.54, 1.807) is 18.5 Å². The van der Waals surface area contributed by atoms with Crippen LogP contribution in [0.3, 0.4) is 0 Å². The summed E-state index contributed by atoms with van der Waals surface area (Å²) in [5, 5.41) is 14.2. The van der Waals surface area contributed by atoms with Crippen LogP contribution in [0.4, 0.5) is 4.39 Å². The van der Waals surface area contributed by atoms with Gasteiger partial charge in [0.1, 0.15) is 5.82 Å². The molecule has 0 amide bonds. The maximum absolute atomic E-state index is 14.3. The zero-order chi connectivity index (χ0) is 21.4. The Labute approximate surface area is 186 Å². The summed E-state index contributed by atoms with van der Waals surface area (Å²) >= 11 is 12.1. The number of aromatic amines is 1. The number of halogens is 3. The largest absolute Gasteiger partial charge is 0.424 e. The van der Waals surface area contributed by atoms with Crippen molar-refractivity contribution in [3.05, 3.63) is 87.6 Å². The van der Waals surface area contributed by atoms with Gasteiger partial charge in [-0.15, -0.1) is 10.2 Å². The van der Waals surface area contributed by atoms with Crippen molar-refractivity contribution < 1.29 is 8.81 Å². The number of aromatic nitrogens is 4. The van der Waals surface area contributed by atoms with E-state index in [0.717, 1.165) is 21.9 Å². The highest BCUT2D eigenvalue weighted by Crippen LogP contribution is 2.26. The molecule has 156 valence electrons. The van der Waals surface area contributed by atoms with Gasteiger partial charge in [0, 0.05) is 40.8 Å². The number of hydrogen-bond acceptors (Lipinski definition) is 5. The maximum Gasteiger partial charge on any atom is 0.230 e. The monoisotopic (exact) mass is 455 g/mol. The van der Waals surface area contributed by atoms with E-state index in [2.05, 4.69) is 25.5 Å². The Kier molecular flexibility index (Phi) is 5.31. The third-order valence-electron chi connectivity index (χ3n) is 4.97. The van der Waals surface area contributed by atoms with Gasteiger partial charge >= 0.3 is 0 Å². The topological polar surface area (TPSA) is 79.6 Å². The number of pyridine rings is 1. The Bertz CT molecular complexity index is 1400. The second-order valence-corrected chi connectivity index (χ2v) is 8.02. The second-order valence-electron chi connectivity index (χ2n) is 7.18. The molecule has 5 rings (SSSR count). The summed E-state index contributed by atoms with van der Waals surface area (Å²) in [6, 6.07) is 10.9. The van der Waals surface area contributed by atoms with Crippen molar-refractivity contribution in [1.82, 2.24) is 25.5 Å². The van der Waals surface area contributed by atoms with Crippen molar-refractivity contribution in [2.24, 2.45) is 0 Å². The number of nitrogens with zero attached hydrogens (tertiary/aromatic N) is 3. The van der Waals surface area contributed by atoms with E-state index in [1.165, 1.54) is 6.07 Å². The van der Waals surface area contributed by atoms with E-state index in [1.807, 2.05) is 24.3 Å². The van der Waals surface area contributed by atoms with Crippen LogP contribution in [0.25, 0.3) is 21.8 Å². The highest BCUT2D eigenvalue weighted by molar-refractivity contribution is 6.35. The summed E-state index contributed by atoms with van der Waals surface area (Å²) in [7, 11) is 0.